The number of fused-ring (bicyclic) bond motifs is 1. The molecule has 1 aromatic carbocycles. The van der Waals surface area contributed by atoms with E-state index < -0.39 is 17.4 Å². The van der Waals surface area contributed by atoms with Gasteiger partial charge in [0.1, 0.15) is 11.8 Å². The summed E-state index contributed by atoms with van der Waals surface area (Å²) in [4.78, 5) is 28.2. The maximum atomic E-state index is 13.5. The molecule has 1 fully saturated rings. The molecule has 1 amide bonds. The lowest BCUT2D eigenvalue weighted by Crippen LogP contribution is -2.49. The highest BCUT2D eigenvalue weighted by Gasteiger charge is 2.35. The molecule has 3 rings (SSSR count). The van der Waals surface area contributed by atoms with Gasteiger partial charge >= 0.3 is 5.97 Å². The summed E-state index contributed by atoms with van der Waals surface area (Å²) in [5.74, 6) is -0.0414. The number of hydrogen-bond acceptors (Lipinski definition) is 6. The molecule has 8 nitrogen and oxygen atoms in total. The number of aromatic nitrogens is 1. The second-order valence-corrected chi connectivity index (χ2v) is 9.22. The van der Waals surface area contributed by atoms with E-state index in [1.54, 1.807) is 7.11 Å². The number of nitrogens with one attached hydrogen (secondary N) is 1. The van der Waals surface area contributed by atoms with Gasteiger partial charge in [0.2, 0.25) is 0 Å². The number of carbonyl (C=O) groups is 2. The summed E-state index contributed by atoms with van der Waals surface area (Å²) >= 11 is 0. The summed E-state index contributed by atoms with van der Waals surface area (Å²) in [5.41, 5.74) is 1.78. The van der Waals surface area contributed by atoms with Gasteiger partial charge in [-0.25, -0.2) is 4.79 Å². The zero-order valence-corrected chi connectivity index (χ0v) is 20.0. The van der Waals surface area contributed by atoms with Gasteiger partial charge in [-0.15, -0.1) is 0 Å². The van der Waals surface area contributed by atoms with Gasteiger partial charge in [0.05, 0.1) is 38.5 Å². The molecule has 0 radical (unpaired) electrons. The van der Waals surface area contributed by atoms with E-state index in [9.17, 15) is 9.59 Å². The number of ether oxygens (including phenoxy) is 3. The molecule has 0 saturated carbocycles. The van der Waals surface area contributed by atoms with Crippen LogP contribution in [-0.4, -0.2) is 74.5 Å². The van der Waals surface area contributed by atoms with E-state index in [1.165, 1.54) is 7.11 Å². The molecule has 1 aromatic heterocycles. The quantitative estimate of drug-likeness (QED) is 0.660. The smallest absolute Gasteiger partial charge is 0.328 e. The Morgan fingerprint density at radius 2 is 1.84 bits per heavy atom. The molecule has 1 aliphatic heterocycles. The Kier molecular flexibility index (Phi) is 7.46. The van der Waals surface area contributed by atoms with Crippen molar-refractivity contribution in [3.8, 4) is 5.75 Å². The summed E-state index contributed by atoms with van der Waals surface area (Å²) in [6.45, 7) is 12.5. The highest BCUT2D eigenvalue weighted by Crippen LogP contribution is 2.33. The number of methoxy groups -OCH3 is 2. The van der Waals surface area contributed by atoms with Crippen LogP contribution in [-0.2, 0) is 20.8 Å². The number of carbonyl (C=O) groups excluding carboxylic acids is 2. The molecule has 2 heterocycles. The van der Waals surface area contributed by atoms with Crippen molar-refractivity contribution in [2.75, 3.05) is 47.1 Å². The molecule has 0 unspecified atom stereocenters. The van der Waals surface area contributed by atoms with Crippen LogP contribution in [0.25, 0.3) is 10.9 Å². The number of benzene rings is 1. The van der Waals surface area contributed by atoms with Gasteiger partial charge < -0.3 is 24.1 Å². The van der Waals surface area contributed by atoms with E-state index >= 15 is 0 Å². The molecular weight excluding hydrogens is 410 g/mol. The van der Waals surface area contributed by atoms with Gasteiger partial charge in [-0.1, -0.05) is 32.9 Å². The number of amides is 1. The highest BCUT2D eigenvalue weighted by molar-refractivity contribution is 6.10. The van der Waals surface area contributed by atoms with Crippen LogP contribution in [0.15, 0.2) is 18.2 Å². The fraction of sp³-hybridized carbons (Fsp3) is 0.583. The van der Waals surface area contributed by atoms with E-state index in [-0.39, 0.29) is 5.91 Å². The van der Waals surface area contributed by atoms with E-state index in [1.807, 2.05) is 45.9 Å². The van der Waals surface area contributed by atoms with Gasteiger partial charge in [-0.3, -0.25) is 9.69 Å². The average molecular weight is 446 g/mol. The lowest BCUT2D eigenvalue weighted by molar-refractivity contribution is -0.145. The maximum absolute atomic E-state index is 13.5. The van der Waals surface area contributed by atoms with Crippen molar-refractivity contribution in [2.24, 2.45) is 5.41 Å². The molecular formula is C24H35N3O5. The molecule has 2 aromatic rings. The van der Waals surface area contributed by atoms with Crippen LogP contribution in [0.2, 0.25) is 0 Å². The molecule has 0 aliphatic carbocycles. The van der Waals surface area contributed by atoms with Gasteiger partial charge in [-0.05, 0) is 18.4 Å². The Balaban J connectivity index is 2.00. The SMILES string of the molecule is COC(=O)[C@@H](NC(=O)c1c(C)n(CCN2CCOCC2)c2c(OC)cccc12)C(C)(C)C. The van der Waals surface area contributed by atoms with Crippen molar-refractivity contribution in [2.45, 2.75) is 40.3 Å². The minimum absolute atomic E-state index is 0.295. The fourth-order valence-electron chi connectivity index (χ4n) is 4.25. The minimum atomic E-state index is -0.767. The summed E-state index contributed by atoms with van der Waals surface area (Å²) in [5, 5.41) is 3.72. The van der Waals surface area contributed by atoms with Crippen LogP contribution in [0.3, 0.4) is 0 Å². The topological polar surface area (TPSA) is 82.0 Å². The second kappa shape index (κ2) is 9.92. The molecule has 1 N–H and O–H groups in total. The first kappa shape index (κ1) is 24.1. The lowest BCUT2D eigenvalue weighted by Gasteiger charge is -2.29. The van der Waals surface area contributed by atoms with E-state index in [2.05, 4.69) is 14.8 Å². The molecule has 176 valence electrons. The Morgan fingerprint density at radius 3 is 2.44 bits per heavy atom. The maximum Gasteiger partial charge on any atom is 0.328 e. The van der Waals surface area contributed by atoms with Crippen LogP contribution < -0.4 is 10.1 Å². The van der Waals surface area contributed by atoms with Crippen LogP contribution in [0, 0.1) is 12.3 Å². The lowest BCUT2D eigenvalue weighted by atomic mass is 9.86. The number of para-hydroxylation sites is 1. The van der Waals surface area contributed by atoms with E-state index in [0.29, 0.717) is 11.3 Å². The molecule has 8 heteroatoms. The van der Waals surface area contributed by atoms with E-state index in [4.69, 9.17) is 14.2 Å². The van der Waals surface area contributed by atoms with Crippen molar-refractivity contribution in [3.63, 3.8) is 0 Å². The van der Waals surface area contributed by atoms with Crippen LogP contribution in [0.5, 0.6) is 5.75 Å². The molecule has 1 aliphatic rings. The molecule has 32 heavy (non-hydrogen) atoms. The first-order chi connectivity index (χ1) is 15.2. The van der Waals surface area contributed by atoms with Gasteiger partial charge in [0.25, 0.3) is 5.91 Å². The number of nitrogens with zero attached hydrogens (tertiary/aromatic N) is 2. The summed E-state index contributed by atoms with van der Waals surface area (Å²) in [7, 11) is 2.97. The Hall–Kier alpha value is -2.58. The predicted molar refractivity (Wildman–Crippen MR) is 123 cm³/mol. The first-order valence-corrected chi connectivity index (χ1v) is 11.0. The fourth-order valence-corrected chi connectivity index (χ4v) is 4.25. The van der Waals surface area contributed by atoms with Crippen LogP contribution in [0.1, 0.15) is 36.8 Å². The standard InChI is InChI=1S/C24H35N3O5/c1-16-19(22(28)25-21(23(29)31-6)24(2,3)4)17-8-7-9-18(30-5)20(17)27(16)11-10-26-12-14-32-15-13-26/h7-9,21H,10-15H2,1-6H3,(H,25,28)/t21-/m1/s1. The van der Waals surface area contributed by atoms with Gasteiger partial charge in [-0.2, -0.15) is 0 Å². The molecule has 1 saturated heterocycles. The normalized spacial score (nSPS) is 16.1. The number of rotatable bonds is 7. The van der Waals surface area contributed by atoms with E-state index in [0.717, 1.165) is 56.0 Å². The van der Waals surface area contributed by atoms with Gasteiger partial charge in [0, 0.05) is 37.3 Å². The molecule has 0 bridgehead atoms. The number of morpholine rings is 1. The monoisotopic (exact) mass is 445 g/mol. The first-order valence-electron chi connectivity index (χ1n) is 11.0. The summed E-state index contributed by atoms with van der Waals surface area (Å²) in [6.07, 6.45) is 0. The van der Waals surface area contributed by atoms with Crippen molar-refractivity contribution < 1.29 is 23.8 Å². The zero-order chi connectivity index (χ0) is 23.5. The van der Waals surface area contributed by atoms with Crippen molar-refractivity contribution >= 4 is 22.8 Å². The third-order valence-electron chi connectivity index (χ3n) is 6.07. The number of esters is 1. The minimum Gasteiger partial charge on any atom is -0.495 e. The van der Waals surface area contributed by atoms with Crippen LogP contribution in [0.4, 0.5) is 0 Å². The van der Waals surface area contributed by atoms with Crippen molar-refractivity contribution in [1.29, 1.82) is 0 Å². The summed E-state index contributed by atoms with van der Waals surface area (Å²) < 4.78 is 18.2. The number of hydrogen-bond donors (Lipinski definition) is 1. The summed E-state index contributed by atoms with van der Waals surface area (Å²) in [6, 6.07) is 4.94. The van der Waals surface area contributed by atoms with Crippen molar-refractivity contribution in [3.05, 3.63) is 29.5 Å². The Bertz CT molecular complexity index is 970. The third-order valence-corrected chi connectivity index (χ3v) is 6.07. The predicted octanol–water partition coefficient (Wildman–Crippen LogP) is 2.61. The largest absolute Gasteiger partial charge is 0.495 e. The zero-order valence-electron chi connectivity index (χ0n) is 20.0. The second-order valence-electron chi connectivity index (χ2n) is 9.22. The van der Waals surface area contributed by atoms with Crippen LogP contribution >= 0.6 is 0 Å². The average Bonchev–Trinajstić information content (AvgIpc) is 3.06. The molecule has 1 atom stereocenters. The van der Waals surface area contributed by atoms with Crippen molar-refractivity contribution in [1.82, 2.24) is 14.8 Å². The molecule has 0 spiro atoms. The Labute approximate surface area is 189 Å². The Morgan fingerprint density at radius 1 is 1.16 bits per heavy atom. The third kappa shape index (κ3) is 4.91. The highest BCUT2D eigenvalue weighted by atomic mass is 16.5. The van der Waals surface area contributed by atoms with Gasteiger partial charge in [0.15, 0.2) is 0 Å².